The molecule has 0 aliphatic carbocycles. The van der Waals surface area contributed by atoms with Crippen LogP contribution in [0.4, 0.5) is 0 Å². The number of hydrogen-bond donors (Lipinski definition) is 1. The molecular formula is C18H24N2O6S. The Morgan fingerprint density at radius 1 is 1.19 bits per heavy atom. The summed E-state index contributed by atoms with van der Waals surface area (Å²) in [5, 5.41) is 9.21. The maximum absolute atomic E-state index is 13.0. The molecule has 0 saturated carbocycles. The molecule has 9 heteroatoms. The number of carboxylic acid groups (broad SMARTS) is 1. The van der Waals surface area contributed by atoms with Gasteiger partial charge < -0.3 is 14.7 Å². The molecular weight excluding hydrogens is 372 g/mol. The number of nitrogens with zero attached hydrogens (tertiary/aromatic N) is 2. The summed E-state index contributed by atoms with van der Waals surface area (Å²) >= 11 is 0. The molecule has 0 unspecified atom stereocenters. The highest BCUT2D eigenvalue weighted by Gasteiger charge is 2.31. The molecule has 148 valence electrons. The summed E-state index contributed by atoms with van der Waals surface area (Å²) in [4.78, 5) is 25.7. The lowest BCUT2D eigenvalue weighted by Crippen LogP contribution is -2.42. The van der Waals surface area contributed by atoms with E-state index in [1.165, 1.54) is 15.3 Å². The Bertz CT molecular complexity index is 832. The van der Waals surface area contributed by atoms with E-state index in [9.17, 15) is 23.1 Å². The van der Waals surface area contributed by atoms with E-state index in [0.717, 1.165) is 0 Å². The minimum atomic E-state index is -3.72. The Balaban J connectivity index is 1.86. The largest absolute Gasteiger partial charge is 0.481 e. The monoisotopic (exact) mass is 396 g/mol. The van der Waals surface area contributed by atoms with E-state index >= 15 is 0 Å². The van der Waals surface area contributed by atoms with Gasteiger partial charge in [-0.05, 0) is 37.5 Å². The summed E-state index contributed by atoms with van der Waals surface area (Å²) in [5.74, 6) is -1.82. The molecule has 0 spiro atoms. The van der Waals surface area contributed by atoms with Gasteiger partial charge >= 0.3 is 5.97 Å². The molecule has 27 heavy (non-hydrogen) atoms. The van der Waals surface area contributed by atoms with Gasteiger partial charge in [0.1, 0.15) is 0 Å². The van der Waals surface area contributed by atoms with Crippen molar-refractivity contribution in [3.05, 3.63) is 29.3 Å². The second kappa shape index (κ2) is 7.95. The molecule has 3 rings (SSSR count). The lowest BCUT2D eigenvalue weighted by Gasteiger charge is -2.31. The first-order chi connectivity index (χ1) is 12.8. The van der Waals surface area contributed by atoms with Crippen molar-refractivity contribution in [3.8, 4) is 0 Å². The number of piperidine rings is 1. The molecule has 2 fully saturated rings. The van der Waals surface area contributed by atoms with Gasteiger partial charge in [0, 0.05) is 31.7 Å². The number of likely N-dealkylation sites (tertiary alicyclic amines) is 1. The van der Waals surface area contributed by atoms with Crippen LogP contribution >= 0.6 is 0 Å². The Hall–Kier alpha value is -1.97. The molecule has 2 aliphatic heterocycles. The lowest BCUT2D eigenvalue weighted by molar-refractivity contribution is -0.143. The van der Waals surface area contributed by atoms with Crippen LogP contribution in [0.25, 0.3) is 0 Å². The number of ether oxygens (including phenoxy) is 1. The maximum Gasteiger partial charge on any atom is 0.308 e. The van der Waals surface area contributed by atoms with E-state index in [-0.39, 0.29) is 36.0 Å². The minimum Gasteiger partial charge on any atom is -0.481 e. The van der Waals surface area contributed by atoms with E-state index in [0.29, 0.717) is 38.2 Å². The van der Waals surface area contributed by atoms with Gasteiger partial charge in [-0.15, -0.1) is 0 Å². The minimum absolute atomic E-state index is 0.113. The predicted molar refractivity (Wildman–Crippen MR) is 97.0 cm³/mol. The van der Waals surface area contributed by atoms with Crippen molar-refractivity contribution in [2.45, 2.75) is 24.7 Å². The molecule has 8 nitrogen and oxygen atoms in total. The van der Waals surface area contributed by atoms with Crippen molar-refractivity contribution in [1.29, 1.82) is 0 Å². The van der Waals surface area contributed by atoms with Crippen molar-refractivity contribution in [2.24, 2.45) is 5.92 Å². The molecule has 0 aromatic heterocycles. The van der Waals surface area contributed by atoms with Crippen LogP contribution in [0.5, 0.6) is 0 Å². The molecule has 1 aromatic carbocycles. The first-order valence-electron chi connectivity index (χ1n) is 9.01. The Morgan fingerprint density at radius 2 is 1.89 bits per heavy atom. The lowest BCUT2D eigenvalue weighted by atomic mass is 9.97. The fraction of sp³-hybridized carbons (Fsp3) is 0.556. The van der Waals surface area contributed by atoms with E-state index in [4.69, 9.17) is 4.74 Å². The average Bonchev–Trinajstić information content (AvgIpc) is 2.68. The van der Waals surface area contributed by atoms with Gasteiger partial charge in [0.25, 0.3) is 5.91 Å². The summed E-state index contributed by atoms with van der Waals surface area (Å²) in [5.41, 5.74) is 0.832. The number of aryl methyl sites for hydroxylation is 1. The van der Waals surface area contributed by atoms with Crippen molar-refractivity contribution in [1.82, 2.24) is 9.21 Å². The standard InChI is InChI=1S/C18H24N2O6S/c1-13-4-5-14(17(21)19-6-2-3-15(12-19)18(22)23)11-16(13)27(24,25)20-7-9-26-10-8-20/h4-5,11,15H,2-3,6-10,12H2,1H3,(H,22,23)/t15-/m0/s1. The van der Waals surface area contributed by atoms with Crippen LogP contribution in [0.15, 0.2) is 23.1 Å². The van der Waals surface area contributed by atoms with Gasteiger partial charge in [0.2, 0.25) is 10.0 Å². The van der Waals surface area contributed by atoms with Crippen LogP contribution in [0, 0.1) is 12.8 Å². The number of amides is 1. The third-order valence-electron chi connectivity index (χ3n) is 5.08. The molecule has 2 heterocycles. The summed E-state index contributed by atoms with van der Waals surface area (Å²) in [6.45, 7) is 3.58. The molecule has 1 amide bonds. The number of carbonyl (C=O) groups is 2. The molecule has 1 N–H and O–H groups in total. The fourth-order valence-corrected chi connectivity index (χ4v) is 5.14. The third-order valence-corrected chi connectivity index (χ3v) is 7.12. The van der Waals surface area contributed by atoms with E-state index in [2.05, 4.69) is 0 Å². The number of rotatable bonds is 4. The van der Waals surface area contributed by atoms with Crippen LogP contribution in [-0.4, -0.2) is 74.0 Å². The topological polar surface area (TPSA) is 104 Å². The molecule has 2 aliphatic rings. The normalized spacial score (nSPS) is 21.8. The molecule has 1 aromatic rings. The number of aliphatic carboxylic acids is 1. The van der Waals surface area contributed by atoms with E-state index < -0.39 is 21.9 Å². The van der Waals surface area contributed by atoms with Crippen molar-refractivity contribution in [2.75, 3.05) is 39.4 Å². The Labute approximate surface area is 158 Å². The number of morpholine rings is 1. The van der Waals surface area contributed by atoms with Gasteiger partial charge in [-0.1, -0.05) is 6.07 Å². The number of sulfonamides is 1. The zero-order valence-electron chi connectivity index (χ0n) is 15.3. The van der Waals surface area contributed by atoms with Gasteiger partial charge in [-0.3, -0.25) is 9.59 Å². The first-order valence-corrected chi connectivity index (χ1v) is 10.5. The van der Waals surface area contributed by atoms with Gasteiger partial charge in [0.05, 0.1) is 24.0 Å². The molecule has 0 radical (unpaired) electrons. The van der Waals surface area contributed by atoms with Crippen LogP contribution < -0.4 is 0 Å². The van der Waals surface area contributed by atoms with Crippen molar-refractivity contribution < 1.29 is 27.9 Å². The van der Waals surface area contributed by atoms with E-state index in [1.54, 1.807) is 19.1 Å². The predicted octanol–water partition coefficient (Wildman–Crippen LogP) is 0.953. The second-order valence-electron chi connectivity index (χ2n) is 6.93. The summed E-state index contributed by atoms with van der Waals surface area (Å²) in [6, 6.07) is 4.63. The summed E-state index contributed by atoms with van der Waals surface area (Å²) in [6.07, 6.45) is 1.16. The average molecular weight is 396 g/mol. The van der Waals surface area contributed by atoms with Crippen LogP contribution in [-0.2, 0) is 19.6 Å². The molecule has 1 atom stereocenters. The van der Waals surface area contributed by atoms with Gasteiger partial charge in [-0.2, -0.15) is 4.31 Å². The zero-order valence-corrected chi connectivity index (χ0v) is 16.1. The smallest absolute Gasteiger partial charge is 0.308 e. The number of hydrogen-bond acceptors (Lipinski definition) is 5. The Kier molecular flexibility index (Phi) is 5.83. The second-order valence-corrected chi connectivity index (χ2v) is 8.83. The van der Waals surface area contributed by atoms with Crippen LogP contribution in [0.2, 0.25) is 0 Å². The highest BCUT2D eigenvalue weighted by molar-refractivity contribution is 7.89. The number of carboxylic acids is 1. The van der Waals surface area contributed by atoms with Crippen LogP contribution in [0.3, 0.4) is 0 Å². The van der Waals surface area contributed by atoms with Crippen LogP contribution in [0.1, 0.15) is 28.8 Å². The Morgan fingerprint density at radius 3 is 2.56 bits per heavy atom. The quantitative estimate of drug-likeness (QED) is 0.813. The highest BCUT2D eigenvalue weighted by atomic mass is 32.2. The molecule has 2 saturated heterocycles. The third kappa shape index (κ3) is 4.15. The molecule has 0 bridgehead atoms. The maximum atomic E-state index is 13.0. The SMILES string of the molecule is Cc1ccc(C(=O)N2CCC[C@H](C(=O)O)C2)cc1S(=O)(=O)N1CCOCC1. The summed E-state index contributed by atoms with van der Waals surface area (Å²) in [7, 11) is -3.72. The van der Waals surface area contributed by atoms with Crippen molar-refractivity contribution >= 4 is 21.9 Å². The van der Waals surface area contributed by atoms with E-state index in [1.807, 2.05) is 0 Å². The zero-order chi connectivity index (χ0) is 19.6. The highest BCUT2D eigenvalue weighted by Crippen LogP contribution is 2.24. The van der Waals surface area contributed by atoms with Crippen molar-refractivity contribution in [3.63, 3.8) is 0 Å². The van der Waals surface area contributed by atoms with Gasteiger partial charge in [-0.25, -0.2) is 8.42 Å². The van der Waals surface area contributed by atoms with Gasteiger partial charge in [0.15, 0.2) is 0 Å². The summed E-state index contributed by atoms with van der Waals surface area (Å²) < 4.78 is 32.5. The fourth-order valence-electron chi connectivity index (χ4n) is 3.48. The number of benzene rings is 1. The first kappa shape index (κ1) is 19.8. The number of carbonyl (C=O) groups excluding carboxylic acids is 1.